The van der Waals surface area contributed by atoms with Gasteiger partial charge < -0.3 is 4.74 Å². The van der Waals surface area contributed by atoms with E-state index >= 15 is 0 Å². The average Bonchev–Trinajstić information content (AvgIpc) is 1.58. The first-order chi connectivity index (χ1) is 4.52. The van der Waals surface area contributed by atoms with E-state index in [-0.39, 0.29) is 24.5 Å². The van der Waals surface area contributed by atoms with E-state index in [1.165, 1.54) is 0 Å². The first-order valence-corrected chi connectivity index (χ1v) is 3.36. The summed E-state index contributed by atoms with van der Waals surface area (Å²) in [4.78, 5) is 12.6. The largest absolute Gasteiger partial charge is 0.462 e. The lowest BCUT2D eigenvalue weighted by atomic mass is 10.5. The molecule has 0 aliphatic carbocycles. The Kier molecular flexibility index (Phi) is 7.79. The third-order valence-corrected chi connectivity index (χ3v) is 0.812. The van der Waals surface area contributed by atoms with Crippen LogP contribution >= 0.6 is 12.4 Å². The van der Waals surface area contributed by atoms with Gasteiger partial charge in [-0.1, -0.05) is 0 Å². The van der Waals surface area contributed by atoms with Gasteiger partial charge in [-0.2, -0.15) is 0 Å². The molecule has 0 radical (unpaired) electrons. The molecule has 0 atom stereocenters. The van der Waals surface area contributed by atoms with Crippen molar-refractivity contribution in [1.82, 2.24) is 4.90 Å². The van der Waals surface area contributed by atoms with Crippen molar-refractivity contribution in [2.45, 2.75) is 20.0 Å². The third-order valence-electron chi connectivity index (χ3n) is 0.812. The Bertz CT molecular complexity index is 103. The number of likely N-dealkylation sites (N-methyl/N-ethyl adjacent to an activating group) is 1. The molecule has 11 heavy (non-hydrogen) atoms. The number of hydrogen-bond acceptors (Lipinski definition) is 3. The third kappa shape index (κ3) is 9.72. The molecule has 0 amide bonds. The number of rotatable bonds is 3. The molecular formula is C7H16ClNO2. The fraction of sp³-hybridized carbons (Fsp3) is 0.857. The standard InChI is InChI=1S/C7H15NO2.ClH/c1-6(2)10-7(9)5-8(3)4;/h6H,5H2,1-4H3;1H. The normalized spacial score (nSPS) is 9.64. The van der Waals surface area contributed by atoms with E-state index in [4.69, 9.17) is 4.74 Å². The van der Waals surface area contributed by atoms with Crippen LogP contribution in [0.5, 0.6) is 0 Å². The zero-order valence-electron chi connectivity index (χ0n) is 7.46. The molecule has 68 valence electrons. The lowest BCUT2D eigenvalue weighted by Gasteiger charge is -2.11. The van der Waals surface area contributed by atoms with E-state index in [1.807, 2.05) is 27.9 Å². The maximum atomic E-state index is 10.8. The van der Waals surface area contributed by atoms with Crippen molar-refractivity contribution in [3.8, 4) is 0 Å². The molecule has 0 aliphatic rings. The number of carbonyl (C=O) groups excluding carboxylic acids is 1. The van der Waals surface area contributed by atoms with E-state index in [2.05, 4.69) is 0 Å². The summed E-state index contributed by atoms with van der Waals surface area (Å²) < 4.78 is 4.88. The van der Waals surface area contributed by atoms with Crippen molar-refractivity contribution in [2.75, 3.05) is 20.6 Å². The van der Waals surface area contributed by atoms with Crippen LogP contribution in [0, 0.1) is 0 Å². The summed E-state index contributed by atoms with van der Waals surface area (Å²) in [5.41, 5.74) is 0. The second-order valence-electron chi connectivity index (χ2n) is 2.78. The number of carbonyl (C=O) groups is 1. The molecule has 0 aromatic heterocycles. The summed E-state index contributed by atoms with van der Waals surface area (Å²) in [6.45, 7) is 4.04. The maximum Gasteiger partial charge on any atom is 0.320 e. The van der Waals surface area contributed by atoms with E-state index in [0.29, 0.717) is 6.54 Å². The Balaban J connectivity index is 0. The molecule has 3 nitrogen and oxygen atoms in total. The monoisotopic (exact) mass is 181 g/mol. The SMILES string of the molecule is CC(C)OC(=O)CN(C)C.Cl. The van der Waals surface area contributed by atoms with Gasteiger partial charge in [0.05, 0.1) is 12.6 Å². The van der Waals surface area contributed by atoms with Crippen molar-refractivity contribution in [3.63, 3.8) is 0 Å². The van der Waals surface area contributed by atoms with Gasteiger partial charge >= 0.3 is 5.97 Å². The Morgan fingerprint density at radius 2 is 1.91 bits per heavy atom. The Hall–Kier alpha value is -0.280. The minimum Gasteiger partial charge on any atom is -0.462 e. The van der Waals surface area contributed by atoms with Crippen LogP contribution in [0.4, 0.5) is 0 Å². The van der Waals surface area contributed by atoms with Crippen LogP contribution in [0.2, 0.25) is 0 Å². The molecule has 0 heterocycles. The minimum absolute atomic E-state index is 0. The lowest BCUT2D eigenvalue weighted by molar-refractivity contribution is -0.148. The highest BCUT2D eigenvalue weighted by molar-refractivity contribution is 5.85. The smallest absolute Gasteiger partial charge is 0.320 e. The van der Waals surface area contributed by atoms with Gasteiger partial charge in [0.25, 0.3) is 0 Å². The van der Waals surface area contributed by atoms with Crippen LogP contribution in [-0.4, -0.2) is 37.6 Å². The quantitative estimate of drug-likeness (QED) is 0.607. The van der Waals surface area contributed by atoms with Crippen LogP contribution in [0.15, 0.2) is 0 Å². The molecule has 4 heteroatoms. The van der Waals surface area contributed by atoms with E-state index in [1.54, 1.807) is 4.90 Å². The molecule has 0 aromatic rings. The highest BCUT2D eigenvalue weighted by Gasteiger charge is 2.05. The molecule has 0 spiro atoms. The topological polar surface area (TPSA) is 29.5 Å². The molecule has 0 fully saturated rings. The highest BCUT2D eigenvalue weighted by Crippen LogP contribution is 1.89. The van der Waals surface area contributed by atoms with Crippen LogP contribution in [0.1, 0.15) is 13.8 Å². The Labute approximate surface area is 74.1 Å². The summed E-state index contributed by atoms with van der Waals surface area (Å²) in [5, 5.41) is 0. The van der Waals surface area contributed by atoms with Gasteiger partial charge in [0.2, 0.25) is 0 Å². The predicted molar refractivity (Wildman–Crippen MR) is 47.0 cm³/mol. The number of ether oxygens (including phenoxy) is 1. The molecule has 0 aliphatic heterocycles. The van der Waals surface area contributed by atoms with Gasteiger partial charge in [-0.25, -0.2) is 0 Å². The first-order valence-electron chi connectivity index (χ1n) is 3.36. The molecule has 0 N–H and O–H groups in total. The van der Waals surface area contributed by atoms with Crippen molar-refractivity contribution in [2.24, 2.45) is 0 Å². The summed E-state index contributed by atoms with van der Waals surface area (Å²) in [7, 11) is 3.67. The summed E-state index contributed by atoms with van der Waals surface area (Å²) in [6.07, 6.45) is -0.00699. The van der Waals surface area contributed by atoms with Crippen molar-refractivity contribution < 1.29 is 9.53 Å². The second kappa shape index (κ2) is 6.43. The number of hydrogen-bond donors (Lipinski definition) is 0. The van der Waals surface area contributed by atoms with Crippen LogP contribution in [0.3, 0.4) is 0 Å². The van der Waals surface area contributed by atoms with Gasteiger partial charge in [0.1, 0.15) is 0 Å². The maximum absolute atomic E-state index is 10.8. The summed E-state index contributed by atoms with van der Waals surface area (Å²) in [5.74, 6) is -0.167. The average molecular weight is 182 g/mol. The fourth-order valence-corrected chi connectivity index (χ4v) is 0.558. The lowest BCUT2D eigenvalue weighted by Crippen LogP contribution is -2.25. The number of halogens is 1. The van der Waals surface area contributed by atoms with Crippen LogP contribution in [-0.2, 0) is 9.53 Å². The van der Waals surface area contributed by atoms with Crippen molar-refractivity contribution in [3.05, 3.63) is 0 Å². The number of esters is 1. The zero-order chi connectivity index (χ0) is 8.15. The summed E-state index contributed by atoms with van der Waals surface area (Å²) in [6, 6.07) is 0. The first kappa shape index (κ1) is 13.3. The van der Waals surface area contributed by atoms with Gasteiger partial charge in [0.15, 0.2) is 0 Å². The van der Waals surface area contributed by atoms with Gasteiger partial charge in [0, 0.05) is 0 Å². The Morgan fingerprint density at radius 1 is 1.45 bits per heavy atom. The minimum atomic E-state index is -0.167. The van der Waals surface area contributed by atoms with Crippen molar-refractivity contribution >= 4 is 18.4 Å². The Morgan fingerprint density at radius 3 is 2.18 bits per heavy atom. The van der Waals surface area contributed by atoms with Gasteiger partial charge in [-0.3, -0.25) is 9.69 Å². The van der Waals surface area contributed by atoms with E-state index < -0.39 is 0 Å². The van der Waals surface area contributed by atoms with Crippen LogP contribution < -0.4 is 0 Å². The molecule has 0 saturated carbocycles. The van der Waals surface area contributed by atoms with Gasteiger partial charge in [-0.15, -0.1) is 12.4 Å². The molecule has 0 aromatic carbocycles. The van der Waals surface area contributed by atoms with Gasteiger partial charge in [-0.05, 0) is 27.9 Å². The summed E-state index contributed by atoms with van der Waals surface area (Å²) >= 11 is 0. The van der Waals surface area contributed by atoms with E-state index in [9.17, 15) is 4.79 Å². The predicted octanol–water partition coefficient (Wildman–Crippen LogP) is 0.921. The molecular weight excluding hydrogens is 166 g/mol. The second-order valence-corrected chi connectivity index (χ2v) is 2.78. The molecule has 0 unspecified atom stereocenters. The zero-order valence-corrected chi connectivity index (χ0v) is 8.27. The van der Waals surface area contributed by atoms with Crippen LogP contribution in [0.25, 0.3) is 0 Å². The van der Waals surface area contributed by atoms with Crippen molar-refractivity contribution in [1.29, 1.82) is 0 Å². The highest BCUT2D eigenvalue weighted by atomic mass is 35.5. The molecule has 0 bridgehead atoms. The molecule has 0 rings (SSSR count). The van der Waals surface area contributed by atoms with E-state index in [0.717, 1.165) is 0 Å². The fourth-order valence-electron chi connectivity index (χ4n) is 0.558. The number of nitrogens with zero attached hydrogens (tertiary/aromatic N) is 1. The molecule has 0 saturated heterocycles.